The molecule has 1 atom stereocenters. The van der Waals surface area contributed by atoms with Crippen LogP contribution in [-0.4, -0.2) is 31.1 Å². The van der Waals surface area contributed by atoms with Crippen LogP contribution in [-0.2, 0) is 6.54 Å². The molecule has 0 bridgehead atoms. The van der Waals surface area contributed by atoms with E-state index in [1.165, 1.54) is 12.8 Å². The molecule has 1 aliphatic heterocycles. The Hall–Kier alpha value is -0.500. The molecule has 2 rings (SSSR count). The van der Waals surface area contributed by atoms with E-state index < -0.39 is 0 Å². The van der Waals surface area contributed by atoms with E-state index in [-0.39, 0.29) is 24.0 Å². The van der Waals surface area contributed by atoms with Crippen molar-refractivity contribution >= 4 is 45.9 Å². The number of ether oxygens (including phenoxy) is 1. The van der Waals surface area contributed by atoms with Crippen LogP contribution in [0.2, 0.25) is 0 Å². The lowest BCUT2D eigenvalue weighted by Gasteiger charge is -2.31. The van der Waals surface area contributed by atoms with Gasteiger partial charge in [-0.25, -0.2) is 4.99 Å². The largest absolute Gasteiger partial charge is 0.496 e. The van der Waals surface area contributed by atoms with Crippen molar-refractivity contribution in [3.05, 3.63) is 28.2 Å². The highest BCUT2D eigenvalue weighted by Crippen LogP contribution is 2.25. The first-order chi connectivity index (χ1) is 9.60. The lowest BCUT2D eigenvalue weighted by Crippen LogP contribution is -2.43. The summed E-state index contributed by atoms with van der Waals surface area (Å²) in [5, 5.41) is 0. The van der Waals surface area contributed by atoms with Gasteiger partial charge in [-0.15, -0.1) is 24.0 Å². The van der Waals surface area contributed by atoms with Crippen molar-refractivity contribution in [2.75, 3.05) is 20.2 Å². The molecule has 0 radical (unpaired) electrons. The molecular formula is C15H23BrIN3O. The van der Waals surface area contributed by atoms with Crippen LogP contribution in [0.25, 0.3) is 0 Å². The van der Waals surface area contributed by atoms with E-state index in [1.807, 2.05) is 18.2 Å². The fraction of sp³-hybridized carbons (Fsp3) is 0.533. The maximum atomic E-state index is 6.09. The molecule has 0 amide bonds. The molecule has 1 heterocycles. The zero-order chi connectivity index (χ0) is 14.5. The maximum Gasteiger partial charge on any atom is 0.191 e. The van der Waals surface area contributed by atoms with Gasteiger partial charge in [0.25, 0.3) is 0 Å². The molecule has 0 aliphatic carbocycles. The Morgan fingerprint density at radius 1 is 1.52 bits per heavy atom. The molecule has 1 aliphatic rings. The number of halogens is 2. The van der Waals surface area contributed by atoms with Crippen LogP contribution in [0.3, 0.4) is 0 Å². The minimum Gasteiger partial charge on any atom is -0.496 e. The second-order valence-corrected chi connectivity index (χ2v) is 6.19. The van der Waals surface area contributed by atoms with Gasteiger partial charge in [-0.2, -0.15) is 0 Å². The summed E-state index contributed by atoms with van der Waals surface area (Å²) < 4.78 is 6.16. The van der Waals surface area contributed by atoms with Crippen LogP contribution < -0.4 is 10.5 Å². The summed E-state index contributed by atoms with van der Waals surface area (Å²) in [6.07, 6.45) is 2.49. The van der Waals surface area contributed by atoms with Crippen molar-refractivity contribution in [3.63, 3.8) is 0 Å². The summed E-state index contributed by atoms with van der Waals surface area (Å²) in [7, 11) is 1.66. The Morgan fingerprint density at radius 2 is 2.29 bits per heavy atom. The normalized spacial score (nSPS) is 19.1. The summed E-state index contributed by atoms with van der Waals surface area (Å²) in [4.78, 5) is 6.70. The van der Waals surface area contributed by atoms with Crippen LogP contribution >= 0.6 is 39.9 Å². The first-order valence-corrected chi connectivity index (χ1v) is 7.76. The number of hydrogen-bond donors (Lipinski definition) is 1. The zero-order valence-electron chi connectivity index (χ0n) is 12.5. The average Bonchev–Trinajstić information content (AvgIpc) is 2.45. The number of likely N-dealkylation sites (tertiary alicyclic amines) is 1. The molecule has 21 heavy (non-hydrogen) atoms. The van der Waals surface area contributed by atoms with Crippen LogP contribution in [0.5, 0.6) is 5.75 Å². The Kier molecular flexibility index (Phi) is 7.79. The van der Waals surface area contributed by atoms with Gasteiger partial charge in [-0.05, 0) is 52.4 Å². The molecule has 1 saturated heterocycles. The van der Waals surface area contributed by atoms with Gasteiger partial charge in [0.1, 0.15) is 5.75 Å². The van der Waals surface area contributed by atoms with Gasteiger partial charge < -0.3 is 15.4 Å². The molecule has 1 aromatic rings. The Balaban J connectivity index is 0.00000220. The minimum atomic E-state index is 0. The van der Waals surface area contributed by atoms with Crippen molar-refractivity contribution < 1.29 is 4.74 Å². The molecule has 0 spiro atoms. The zero-order valence-corrected chi connectivity index (χ0v) is 16.4. The predicted octanol–water partition coefficient (Wildman–Crippen LogP) is 3.62. The SMILES string of the molecule is COc1ccc(CN=C(N)N2CCCC(C)C2)cc1Br.I. The topological polar surface area (TPSA) is 50.9 Å². The van der Waals surface area contributed by atoms with Gasteiger partial charge in [0.15, 0.2) is 5.96 Å². The van der Waals surface area contributed by atoms with Crippen LogP contribution in [0.1, 0.15) is 25.3 Å². The second-order valence-electron chi connectivity index (χ2n) is 5.34. The number of benzene rings is 1. The molecule has 118 valence electrons. The molecule has 1 fully saturated rings. The monoisotopic (exact) mass is 467 g/mol. The van der Waals surface area contributed by atoms with Crippen LogP contribution in [0, 0.1) is 5.92 Å². The van der Waals surface area contributed by atoms with E-state index in [4.69, 9.17) is 10.5 Å². The highest BCUT2D eigenvalue weighted by Gasteiger charge is 2.17. The van der Waals surface area contributed by atoms with E-state index >= 15 is 0 Å². The standard InChI is InChI=1S/C15H22BrN3O.HI/c1-11-4-3-7-19(10-11)15(17)18-9-12-5-6-14(20-2)13(16)8-12;/h5-6,8,11H,3-4,7,9-10H2,1-2H3,(H2,17,18);1H. The number of piperidine rings is 1. The number of nitrogens with two attached hydrogens (primary N) is 1. The molecule has 0 saturated carbocycles. The first-order valence-electron chi connectivity index (χ1n) is 6.97. The predicted molar refractivity (Wildman–Crippen MR) is 101 cm³/mol. The van der Waals surface area contributed by atoms with Gasteiger partial charge in [0.2, 0.25) is 0 Å². The summed E-state index contributed by atoms with van der Waals surface area (Å²) in [6, 6.07) is 5.97. The van der Waals surface area contributed by atoms with E-state index in [0.717, 1.165) is 28.9 Å². The highest BCUT2D eigenvalue weighted by molar-refractivity contribution is 14.0. The van der Waals surface area contributed by atoms with E-state index in [0.29, 0.717) is 18.4 Å². The van der Waals surface area contributed by atoms with Crippen molar-refractivity contribution in [2.24, 2.45) is 16.6 Å². The Bertz CT molecular complexity index is 496. The fourth-order valence-electron chi connectivity index (χ4n) is 2.48. The van der Waals surface area contributed by atoms with Gasteiger partial charge in [0.05, 0.1) is 18.1 Å². The Labute approximate surface area is 152 Å². The quantitative estimate of drug-likeness (QED) is 0.419. The molecule has 0 aromatic heterocycles. The van der Waals surface area contributed by atoms with Crippen molar-refractivity contribution in [3.8, 4) is 5.75 Å². The number of hydrogen-bond acceptors (Lipinski definition) is 2. The molecular weight excluding hydrogens is 445 g/mol. The smallest absolute Gasteiger partial charge is 0.191 e. The van der Waals surface area contributed by atoms with Crippen LogP contribution in [0.4, 0.5) is 0 Å². The Morgan fingerprint density at radius 3 is 2.90 bits per heavy atom. The number of guanidine groups is 1. The summed E-state index contributed by atoms with van der Waals surface area (Å²) in [6.45, 7) is 4.90. The number of aliphatic imine (C=N–C) groups is 1. The van der Waals surface area contributed by atoms with E-state index in [2.05, 4.69) is 32.7 Å². The van der Waals surface area contributed by atoms with Crippen molar-refractivity contribution in [1.82, 2.24) is 4.90 Å². The lowest BCUT2D eigenvalue weighted by molar-refractivity contribution is 0.270. The molecule has 2 N–H and O–H groups in total. The first kappa shape index (κ1) is 18.5. The summed E-state index contributed by atoms with van der Waals surface area (Å²) >= 11 is 3.48. The van der Waals surface area contributed by atoms with Crippen molar-refractivity contribution in [2.45, 2.75) is 26.3 Å². The average molecular weight is 468 g/mol. The number of nitrogens with zero attached hydrogens (tertiary/aromatic N) is 2. The van der Waals surface area contributed by atoms with Gasteiger partial charge >= 0.3 is 0 Å². The highest BCUT2D eigenvalue weighted by atomic mass is 127. The second kappa shape index (κ2) is 8.82. The maximum absolute atomic E-state index is 6.09. The third kappa shape index (κ3) is 5.32. The number of rotatable bonds is 3. The molecule has 4 nitrogen and oxygen atoms in total. The minimum absolute atomic E-state index is 0. The van der Waals surface area contributed by atoms with Crippen LogP contribution in [0.15, 0.2) is 27.7 Å². The van der Waals surface area contributed by atoms with E-state index in [9.17, 15) is 0 Å². The third-order valence-corrected chi connectivity index (χ3v) is 4.24. The number of methoxy groups -OCH3 is 1. The molecule has 6 heteroatoms. The molecule has 1 aromatic carbocycles. The molecule has 1 unspecified atom stereocenters. The summed E-state index contributed by atoms with van der Waals surface area (Å²) in [5.41, 5.74) is 7.21. The van der Waals surface area contributed by atoms with E-state index in [1.54, 1.807) is 7.11 Å². The van der Waals surface area contributed by atoms with Gasteiger partial charge in [-0.1, -0.05) is 13.0 Å². The fourth-order valence-corrected chi connectivity index (χ4v) is 3.07. The van der Waals surface area contributed by atoms with Gasteiger partial charge in [-0.3, -0.25) is 0 Å². The van der Waals surface area contributed by atoms with Crippen molar-refractivity contribution in [1.29, 1.82) is 0 Å². The summed E-state index contributed by atoms with van der Waals surface area (Å²) in [5.74, 6) is 2.19. The van der Waals surface area contributed by atoms with Gasteiger partial charge in [0, 0.05) is 13.1 Å². The lowest BCUT2D eigenvalue weighted by atomic mass is 10.0. The third-order valence-electron chi connectivity index (χ3n) is 3.62.